The maximum Gasteiger partial charge on any atom is 0.280 e. The summed E-state index contributed by atoms with van der Waals surface area (Å²) in [7, 11) is -3.03. The van der Waals surface area contributed by atoms with Gasteiger partial charge in [0.15, 0.2) is 20.0 Å². The van der Waals surface area contributed by atoms with Gasteiger partial charge in [-0.3, -0.25) is 38.4 Å². The molecule has 804 valence electrons. The maximum absolute atomic E-state index is 14.0. The lowest BCUT2D eigenvalue weighted by atomic mass is 9.78. The van der Waals surface area contributed by atoms with Crippen molar-refractivity contribution in [2.75, 3.05) is 78.6 Å². The largest absolute Gasteiger partial charge is 0.389 e. The summed E-state index contributed by atoms with van der Waals surface area (Å²) in [5.74, 6) is 2.29. The van der Waals surface area contributed by atoms with Gasteiger partial charge in [-0.05, 0) is 330 Å². The molecule has 10 fully saturated rings. The third kappa shape index (κ3) is 29.8. The van der Waals surface area contributed by atoms with Crippen LogP contribution >= 0.6 is 45.3 Å². The lowest BCUT2D eigenvalue weighted by Gasteiger charge is -2.39. The van der Waals surface area contributed by atoms with Crippen molar-refractivity contribution in [3.8, 4) is 41.8 Å². The van der Waals surface area contributed by atoms with Gasteiger partial charge in [-0.15, -0.1) is 45.3 Å². The molecule has 13 heterocycles. The van der Waals surface area contributed by atoms with Crippen LogP contribution < -0.4 is 42.5 Å². The van der Waals surface area contributed by atoms with E-state index in [1.807, 2.05) is 58.0 Å². The summed E-state index contributed by atoms with van der Waals surface area (Å²) in [4.78, 5) is 155. The summed E-state index contributed by atoms with van der Waals surface area (Å²) in [5, 5.41) is 56.3. The number of carbonyl (C=O) groups excluding carboxylic acids is 8. The van der Waals surface area contributed by atoms with Gasteiger partial charge >= 0.3 is 0 Å². The Morgan fingerprint density at radius 3 is 0.986 bits per heavy atom. The minimum atomic E-state index is -3.03. The van der Waals surface area contributed by atoms with Crippen molar-refractivity contribution in [2.45, 2.75) is 392 Å². The SMILES string of the molecule is C[C@H]1CCCCN1C(=O)c1nc(C(=O)NC2CCS(=O)(=O)CC2)sc1-c1cnc(NC2CCCCC2)cc1C1CC1.C[C@H]1CCCCN1C(=O)c1nc(C(=O)NCC(C)(C)O)sc1-c1cnc(NC2CCCCC2)cc1C1CC1.Cc1cc(NC(C)(C)C)ncc1-c1sc(C(=O)NCC(C)(C)O)nc1C(=O)N1CCCC[C@@H]1C.Cc1cc(NC2(C)CCC2)ncc1-c1sc(C(=O)NCC(C)(C)O)nc1C(=O)N1CCCC[C@@H]1C. The first-order chi connectivity index (χ1) is 70.2. The maximum atomic E-state index is 14.0. The fourth-order valence-corrected chi connectivity index (χ4v) is 26.2. The van der Waals surface area contributed by atoms with Crippen molar-refractivity contribution in [3.63, 3.8) is 0 Å². The van der Waals surface area contributed by atoms with Crippen molar-refractivity contribution < 1.29 is 62.1 Å². The third-order valence-electron chi connectivity index (χ3n) is 29.7. The topological polar surface area (TPSA) is 444 Å². The second kappa shape index (κ2) is 48.3. The Morgan fingerprint density at radius 2 is 0.682 bits per heavy atom. The van der Waals surface area contributed by atoms with Crippen molar-refractivity contribution in [2.24, 2.45) is 0 Å². The molecule has 38 heteroatoms. The first-order valence-electron chi connectivity index (χ1n) is 54.0. The van der Waals surface area contributed by atoms with Crippen molar-refractivity contribution in [1.29, 1.82) is 0 Å². The molecular weight excluding hydrogens is 1970 g/mol. The Balaban J connectivity index is 0.000000148. The van der Waals surface area contributed by atoms with Crippen molar-refractivity contribution in [1.82, 2.24) is 80.7 Å². The molecule has 148 heavy (non-hydrogen) atoms. The van der Waals surface area contributed by atoms with E-state index in [4.69, 9.17) is 9.97 Å². The average molecular weight is 2130 g/mol. The second-order valence-electron chi connectivity index (χ2n) is 46.0. The number of likely N-dealkylation sites (tertiary alicyclic amines) is 4. The molecule has 5 saturated carbocycles. The van der Waals surface area contributed by atoms with Gasteiger partial charge in [-0.25, -0.2) is 48.3 Å². The highest BCUT2D eigenvalue weighted by Crippen LogP contribution is 2.50. The number of hydrogen-bond donors (Lipinski definition) is 11. The quantitative estimate of drug-likeness (QED) is 0.0217. The highest BCUT2D eigenvalue weighted by molar-refractivity contribution is 7.91. The van der Waals surface area contributed by atoms with E-state index < -0.39 is 38.5 Å². The van der Waals surface area contributed by atoms with Crippen LogP contribution in [0.3, 0.4) is 0 Å². The number of anilines is 4. The lowest BCUT2D eigenvalue weighted by molar-refractivity contribution is 0.0622. The molecule has 0 bridgehead atoms. The third-order valence-corrected chi connectivity index (χ3v) is 35.8. The first kappa shape index (κ1) is 112. The van der Waals surface area contributed by atoms with E-state index in [1.165, 1.54) is 114 Å². The summed E-state index contributed by atoms with van der Waals surface area (Å²) in [6, 6.07) is 9.48. The molecule has 4 atom stereocenters. The highest BCUT2D eigenvalue weighted by Gasteiger charge is 2.42. The number of aryl methyl sites for hydroxylation is 2. The number of sulfone groups is 1. The van der Waals surface area contributed by atoms with Gasteiger partial charge in [-0.1, -0.05) is 38.5 Å². The van der Waals surface area contributed by atoms with Crippen LogP contribution in [-0.2, 0) is 9.84 Å². The van der Waals surface area contributed by atoms with E-state index in [-0.39, 0.29) is 134 Å². The minimum absolute atomic E-state index is 0.0787. The Morgan fingerprint density at radius 1 is 0.378 bits per heavy atom. The van der Waals surface area contributed by atoms with Crippen LogP contribution in [0.2, 0.25) is 0 Å². The summed E-state index contributed by atoms with van der Waals surface area (Å²) < 4.78 is 23.7. The predicted octanol–water partition coefficient (Wildman–Crippen LogP) is 19.1. The standard InChI is InChI=1S/C30H41N5O4S2.C29H41N5O3S.C26H37N5O3S.C25H37N5O3S/c1-19-7-5-6-14-35(19)30(37)26-27(40-29(34-26)28(36)33-22-12-15-41(38,39)16-13-22)24-18-31-25(17-23(24)20-10-11-20)32-21-8-3-2-4-9-21;1-18-9-7-8-14-34(18)28(36)24-25(38-27(33-24)26(35)31-17-29(2,3)37)22-16-30-23(15-21(22)19-12-13-19)32-20-10-5-4-6-11-20;1-16-13-19(30-26(5)10-8-11-26)27-14-18(16)21-20(24(33)31-12-7-6-9-17(31)2)29-23(35-21)22(32)28-15-25(3,4)34;1-15-12-18(29-24(3,4)5)26-13-17(15)20-19(23(32)30-11-9-8-10-16(30)2)28-22(34-20)21(31)27-14-25(6,7)33/h17-22H,2-16H2,1H3,(H,31,32)(H,33,36);15-16,18-20,37H,4-14,17H2,1-3H3,(H,30,32)(H,31,35);13-14,17,34H,6-12,15H2,1-5H3,(H,27,30)(H,28,32);12-13,16,33H,8-11,14H2,1-7H3,(H,26,29)(H,27,31)/t19-;18-;17-;16-/m0000/s1. The van der Waals surface area contributed by atoms with Crippen LogP contribution in [0, 0.1) is 13.8 Å². The van der Waals surface area contributed by atoms with Gasteiger partial charge in [0.25, 0.3) is 47.3 Å². The molecule has 0 spiro atoms. The number of rotatable bonds is 28. The highest BCUT2D eigenvalue weighted by atomic mass is 32.2. The molecule has 0 radical (unpaired) electrons. The monoisotopic (exact) mass is 2130 g/mol. The normalized spacial score (nSPS) is 20.5. The number of hydrogen-bond acceptors (Lipinski definition) is 29. The molecule has 0 unspecified atom stereocenters. The average Bonchev–Trinajstić information content (AvgIpc) is 1.61. The molecule has 5 aliphatic carbocycles. The van der Waals surface area contributed by atoms with E-state index in [9.17, 15) is 62.1 Å². The number of thiazole rings is 4. The zero-order valence-electron chi connectivity index (χ0n) is 89.4. The van der Waals surface area contributed by atoms with Gasteiger partial charge < -0.3 is 77.5 Å². The number of amides is 8. The lowest BCUT2D eigenvalue weighted by Crippen LogP contribution is -2.42. The van der Waals surface area contributed by atoms with E-state index in [0.717, 1.165) is 190 Å². The fraction of sp³-hybridized carbons (Fsp3) is 0.636. The molecule has 11 N–H and O–H groups in total. The summed E-state index contributed by atoms with van der Waals surface area (Å²) in [6.07, 6.45) is 40.4. The number of aliphatic hydroxyl groups is 3. The molecule has 18 rings (SSSR count). The number of piperidine rings is 4. The van der Waals surface area contributed by atoms with Crippen LogP contribution in [0.25, 0.3) is 41.8 Å². The van der Waals surface area contributed by atoms with Gasteiger partial charge in [0, 0.05) is 146 Å². The molecule has 8 aromatic heterocycles. The fourth-order valence-electron chi connectivity index (χ4n) is 20.6. The zero-order chi connectivity index (χ0) is 106. The van der Waals surface area contributed by atoms with Crippen LogP contribution in [0.5, 0.6) is 0 Å². The molecule has 5 saturated heterocycles. The molecule has 10 aliphatic rings. The zero-order valence-corrected chi connectivity index (χ0v) is 93.5. The number of nitrogens with one attached hydrogen (secondary N) is 8. The molecule has 33 nitrogen and oxygen atoms in total. The van der Waals surface area contributed by atoms with E-state index in [2.05, 4.69) is 140 Å². The Kier molecular flexibility index (Phi) is 36.5. The van der Waals surface area contributed by atoms with Crippen molar-refractivity contribution in [3.05, 3.63) is 114 Å². The van der Waals surface area contributed by atoms with Gasteiger partial charge in [0.05, 0.1) is 47.8 Å². The number of aromatic nitrogens is 8. The van der Waals surface area contributed by atoms with Crippen LogP contribution in [-0.4, -0.2) is 258 Å². The summed E-state index contributed by atoms with van der Waals surface area (Å²) in [6.45, 7) is 33.5. The van der Waals surface area contributed by atoms with Crippen molar-refractivity contribution >= 4 is 126 Å². The Labute approximate surface area is 888 Å². The van der Waals surface area contributed by atoms with Gasteiger partial charge in [-0.2, -0.15) is 0 Å². The molecule has 8 amide bonds. The number of carbonyl (C=O) groups is 8. The van der Waals surface area contributed by atoms with E-state index >= 15 is 0 Å². The van der Waals surface area contributed by atoms with Crippen LogP contribution in [0.15, 0.2) is 49.1 Å². The molecular formula is C110H156N20O13S5. The van der Waals surface area contributed by atoms with E-state index in [0.29, 0.717) is 94.7 Å². The van der Waals surface area contributed by atoms with Crippen LogP contribution in [0.1, 0.15) is 411 Å². The molecule has 5 aliphatic heterocycles. The smallest absolute Gasteiger partial charge is 0.280 e. The van der Waals surface area contributed by atoms with E-state index in [1.54, 1.807) is 53.9 Å². The summed E-state index contributed by atoms with van der Waals surface area (Å²) >= 11 is 4.89. The Bertz CT molecular complexity index is 6170. The summed E-state index contributed by atoms with van der Waals surface area (Å²) in [5.41, 5.74) is 5.75. The second-order valence-corrected chi connectivity index (χ2v) is 52.3. The number of pyridine rings is 4. The molecule has 8 aromatic rings. The van der Waals surface area contributed by atoms with Crippen LogP contribution in [0.4, 0.5) is 23.3 Å². The predicted molar refractivity (Wildman–Crippen MR) is 587 cm³/mol. The van der Waals surface area contributed by atoms with Gasteiger partial charge in [0.2, 0.25) is 0 Å². The Hall–Kier alpha value is -10.1. The number of nitrogens with zero attached hydrogens (tertiary/aromatic N) is 12. The molecule has 0 aromatic carbocycles. The first-order valence-corrected chi connectivity index (χ1v) is 59.1. The minimum Gasteiger partial charge on any atom is -0.389 e. The van der Waals surface area contributed by atoms with Gasteiger partial charge in [0.1, 0.15) is 55.9 Å².